The van der Waals surface area contributed by atoms with E-state index in [0.717, 1.165) is 29.5 Å². The van der Waals surface area contributed by atoms with E-state index in [2.05, 4.69) is 21.2 Å². The third-order valence-electron chi connectivity index (χ3n) is 4.42. The highest BCUT2D eigenvalue weighted by atomic mass is 32.1. The van der Waals surface area contributed by atoms with Crippen LogP contribution in [0.3, 0.4) is 0 Å². The van der Waals surface area contributed by atoms with Crippen LogP contribution in [0.5, 0.6) is 0 Å². The Kier molecular flexibility index (Phi) is 5.57. The molecule has 2 aromatic carbocycles. The van der Waals surface area contributed by atoms with Crippen molar-refractivity contribution in [2.45, 2.75) is 0 Å². The molecule has 0 unspecified atom stereocenters. The summed E-state index contributed by atoms with van der Waals surface area (Å²) < 4.78 is 5.43. The minimum Gasteiger partial charge on any atom is -0.378 e. The number of thiazole rings is 1. The predicted octanol–water partition coefficient (Wildman–Crippen LogP) is 4.81. The van der Waals surface area contributed by atoms with Gasteiger partial charge in [-0.1, -0.05) is 41.7 Å². The van der Waals surface area contributed by atoms with Gasteiger partial charge in [-0.15, -0.1) is 10.2 Å². The molecule has 0 atom stereocenters. The molecule has 4 rings (SSSR count). The van der Waals surface area contributed by atoms with E-state index in [9.17, 15) is 5.26 Å². The topological polar surface area (TPSA) is 97.7 Å². The number of anilines is 1. The van der Waals surface area contributed by atoms with Crippen LogP contribution in [0.25, 0.3) is 11.3 Å². The fourth-order valence-electron chi connectivity index (χ4n) is 2.92. The maximum absolute atomic E-state index is 9.35. The van der Waals surface area contributed by atoms with Gasteiger partial charge < -0.3 is 9.64 Å². The summed E-state index contributed by atoms with van der Waals surface area (Å²) in [5, 5.41) is 28.6. The van der Waals surface area contributed by atoms with E-state index in [1.165, 1.54) is 17.4 Å². The molecule has 0 amide bonds. The van der Waals surface area contributed by atoms with Crippen LogP contribution in [-0.4, -0.2) is 31.3 Å². The minimum atomic E-state index is 0.312. The highest BCUT2D eigenvalue weighted by molar-refractivity contribution is 7.19. The van der Waals surface area contributed by atoms with Gasteiger partial charge >= 0.3 is 0 Å². The summed E-state index contributed by atoms with van der Waals surface area (Å²) in [6, 6.07) is 18.7. The van der Waals surface area contributed by atoms with Crippen LogP contribution in [0.15, 0.2) is 58.8 Å². The van der Waals surface area contributed by atoms with Gasteiger partial charge in [0.05, 0.1) is 30.4 Å². The number of morpholine rings is 1. The molecule has 1 fully saturated rings. The Hall–Kier alpha value is -3.59. The lowest BCUT2D eigenvalue weighted by atomic mass is 10.1. The van der Waals surface area contributed by atoms with Gasteiger partial charge in [-0.25, -0.2) is 4.98 Å². The van der Waals surface area contributed by atoms with Crippen LogP contribution >= 0.6 is 11.3 Å². The van der Waals surface area contributed by atoms with E-state index in [1.807, 2.05) is 36.4 Å². The molecule has 1 aliphatic rings. The lowest BCUT2D eigenvalue weighted by Crippen LogP contribution is -2.36. The summed E-state index contributed by atoms with van der Waals surface area (Å²) >= 11 is 1.46. The molecule has 0 bridgehead atoms. The molecule has 1 aliphatic heterocycles. The Morgan fingerprint density at radius 1 is 1.00 bits per heavy atom. The summed E-state index contributed by atoms with van der Waals surface area (Å²) in [6.07, 6.45) is 0. The van der Waals surface area contributed by atoms with Crippen molar-refractivity contribution in [3.05, 3.63) is 59.7 Å². The Balaban J connectivity index is 1.72. The molecule has 0 aliphatic carbocycles. The molecule has 8 heteroatoms. The van der Waals surface area contributed by atoms with Crippen LogP contribution in [-0.2, 0) is 4.74 Å². The monoisotopic (exact) mass is 400 g/mol. The molecule has 0 radical (unpaired) electrons. The molecule has 3 aromatic rings. The zero-order valence-corrected chi connectivity index (χ0v) is 16.3. The van der Waals surface area contributed by atoms with E-state index < -0.39 is 0 Å². The molecule has 1 saturated heterocycles. The summed E-state index contributed by atoms with van der Waals surface area (Å²) in [6.45, 7) is 2.92. The molecule has 142 valence electrons. The molecule has 0 N–H and O–H groups in total. The number of aromatic nitrogens is 1. The smallest absolute Gasteiger partial charge is 0.188 e. The number of nitrogens with zero attached hydrogens (tertiary/aromatic N) is 6. The molecular weight excluding hydrogens is 384 g/mol. The first-order valence-electron chi connectivity index (χ1n) is 9.03. The largest absolute Gasteiger partial charge is 0.378 e. The average molecular weight is 400 g/mol. The first kappa shape index (κ1) is 18.8. The highest BCUT2D eigenvalue weighted by Gasteiger charge is 2.19. The van der Waals surface area contributed by atoms with Crippen LogP contribution in [0, 0.1) is 22.7 Å². The van der Waals surface area contributed by atoms with Gasteiger partial charge in [-0.3, -0.25) is 0 Å². The van der Waals surface area contributed by atoms with Crippen molar-refractivity contribution >= 4 is 27.2 Å². The van der Waals surface area contributed by atoms with Crippen LogP contribution < -0.4 is 4.90 Å². The third kappa shape index (κ3) is 4.14. The SMILES string of the molecule is N#Cc1ccc(N=Nc2sc(N3CCOCC3)nc2-c2ccccc2)c(C#N)c1. The van der Waals surface area contributed by atoms with Gasteiger partial charge in [0, 0.05) is 18.7 Å². The predicted molar refractivity (Wildman–Crippen MR) is 111 cm³/mol. The Labute approximate surface area is 172 Å². The fraction of sp³-hybridized carbons (Fsp3) is 0.190. The van der Waals surface area contributed by atoms with Gasteiger partial charge in [0.1, 0.15) is 17.5 Å². The fourth-order valence-corrected chi connectivity index (χ4v) is 3.89. The Bertz CT molecular complexity index is 1120. The second-order valence-electron chi connectivity index (χ2n) is 6.27. The average Bonchev–Trinajstić information content (AvgIpc) is 3.23. The number of ether oxygens (including phenoxy) is 1. The molecular formula is C21H16N6OS. The van der Waals surface area contributed by atoms with Crippen molar-refractivity contribution in [1.29, 1.82) is 10.5 Å². The van der Waals surface area contributed by atoms with Crippen LogP contribution in [0.2, 0.25) is 0 Å². The summed E-state index contributed by atoms with van der Waals surface area (Å²) in [7, 11) is 0. The zero-order chi connectivity index (χ0) is 20.1. The maximum atomic E-state index is 9.35. The second-order valence-corrected chi connectivity index (χ2v) is 7.23. The van der Waals surface area contributed by atoms with Crippen LogP contribution in [0.1, 0.15) is 11.1 Å². The van der Waals surface area contributed by atoms with Gasteiger partial charge in [0.2, 0.25) is 0 Å². The summed E-state index contributed by atoms with van der Waals surface area (Å²) in [5.41, 5.74) is 2.86. The molecule has 1 aromatic heterocycles. The molecule has 0 saturated carbocycles. The number of rotatable bonds is 4. The lowest BCUT2D eigenvalue weighted by molar-refractivity contribution is 0.122. The minimum absolute atomic E-state index is 0.312. The summed E-state index contributed by atoms with van der Waals surface area (Å²) in [5.74, 6) is 0. The van der Waals surface area contributed by atoms with E-state index in [0.29, 0.717) is 35.0 Å². The summed E-state index contributed by atoms with van der Waals surface area (Å²) in [4.78, 5) is 7.00. The molecule has 2 heterocycles. The van der Waals surface area contributed by atoms with Crippen molar-refractivity contribution in [3.8, 4) is 23.4 Å². The second kappa shape index (κ2) is 8.61. The number of azo groups is 1. The number of nitriles is 2. The Morgan fingerprint density at radius 3 is 2.52 bits per heavy atom. The van der Waals surface area contributed by atoms with Gasteiger partial charge in [0.15, 0.2) is 10.1 Å². The first-order valence-corrected chi connectivity index (χ1v) is 9.85. The van der Waals surface area contributed by atoms with Gasteiger partial charge in [-0.2, -0.15) is 10.5 Å². The standard InChI is InChI=1S/C21H16N6OS/c22-13-15-6-7-18(17(12-15)14-23)25-26-20-19(16-4-2-1-3-5-16)24-21(29-20)27-8-10-28-11-9-27/h1-7,12H,8-11H2. The number of hydrogen-bond acceptors (Lipinski definition) is 8. The Morgan fingerprint density at radius 2 is 1.79 bits per heavy atom. The van der Waals surface area contributed by atoms with Crippen LogP contribution in [0.4, 0.5) is 15.8 Å². The van der Waals surface area contributed by atoms with E-state index in [4.69, 9.17) is 15.0 Å². The molecule has 29 heavy (non-hydrogen) atoms. The maximum Gasteiger partial charge on any atom is 0.188 e. The van der Waals surface area contributed by atoms with E-state index >= 15 is 0 Å². The zero-order valence-electron chi connectivity index (χ0n) is 15.4. The quantitative estimate of drug-likeness (QED) is 0.586. The van der Waals surface area contributed by atoms with Crippen molar-refractivity contribution in [2.24, 2.45) is 10.2 Å². The van der Waals surface area contributed by atoms with Crippen molar-refractivity contribution in [3.63, 3.8) is 0 Å². The highest BCUT2D eigenvalue weighted by Crippen LogP contribution is 2.40. The third-order valence-corrected chi connectivity index (χ3v) is 5.42. The lowest BCUT2D eigenvalue weighted by Gasteiger charge is -2.25. The number of benzene rings is 2. The first-order chi connectivity index (χ1) is 14.3. The molecule has 0 spiro atoms. The van der Waals surface area contributed by atoms with E-state index in [1.54, 1.807) is 12.1 Å². The van der Waals surface area contributed by atoms with Crippen molar-refractivity contribution < 1.29 is 4.74 Å². The molecule has 7 nitrogen and oxygen atoms in total. The normalized spacial score (nSPS) is 13.9. The van der Waals surface area contributed by atoms with Crippen molar-refractivity contribution in [1.82, 2.24) is 4.98 Å². The van der Waals surface area contributed by atoms with Crippen molar-refractivity contribution in [2.75, 3.05) is 31.2 Å². The van der Waals surface area contributed by atoms with E-state index in [-0.39, 0.29) is 0 Å². The van der Waals surface area contributed by atoms with Gasteiger partial charge in [-0.05, 0) is 18.2 Å². The van der Waals surface area contributed by atoms with Gasteiger partial charge in [0.25, 0.3) is 0 Å². The number of hydrogen-bond donors (Lipinski definition) is 0.